The molecule has 0 saturated carbocycles. The van der Waals surface area contributed by atoms with Gasteiger partial charge in [-0.25, -0.2) is 8.42 Å². The van der Waals surface area contributed by atoms with Gasteiger partial charge in [-0.2, -0.15) is 0 Å². The standard InChI is InChI=1S/C17H19Cl2NO3S/c1-10(2)13-9-17(11(3)7-16(13)23-4)24(21,22)20-15-8-12(18)5-6-14(15)19/h5-10,20H,1-4H3. The van der Waals surface area contributed by atoms with Crippen LogP contribution in [0, 0.1) is 6.92 Å². The lowest BCUT2D eigenvalue weighted by molar-refractivity contribution is 0.406. The summed E-state index contributed by atoms with van der Waals surface area (Å²) in [5.41, 5.74) is 1.65. The molecule has 0 aliphatic rings. The molecule has 2 rings (SSSR count). The molecule has 0 amide bonds. The van der Waals surface area contributed by atoms with Gasteiger partial charge in [-0.3, -0.25) is 4.72 Å². The van der Waals surface area contributed by atoms with Gasteiger partial charge in [0.25, 0.3) is 10.0 Å². The van der Waals surface area contributed by atoms with E-state index < -0.39 is 10.0 Å². The highest BCUT2D eigenvalue weighted by atomic mass is 35.5. The highest BCUT2D eigenvalue weighted by Gasteiger charge is 2.22. The van der Waals surface area contributed by atoms with E-state index in [4.69, 9.17) is 27.9 Å². The Hall–Kier alpha value is -1.43. The van der Waals surface area contributed by atoms with Crippen molar-refractivity contribution in [3.8, 4) is 5.75 Å². The molecule has 0 atom stereocenters. The van der Waals surface area contributed by atoms with Crippen molar-refractivity contribution in [2.45, 2.75) is 31.6 Å². The molecule has 1 N–H and O–H groups in total. The van der Waals surface area contributed by atoms with Crippen molar-refractivity contribution in [1.82, 2.24) is 0 Å². The molecule has 0 radical (unpaired) electrons. The summed E-state index contributed by atoms with van der Waals surface area (Å²) in [6, 6.07) is 7.98. The number of nitrogens with one attached hydrogen (secondary N) is 1. The molecule has 0 aliphatic heterocycles. The molecule has 7 heteroatoms. The van der Waals surface area contributed by atoms with Gasteiger partial charge in [0, 0.05) is 5.02 Å². The Morgan fingerprint density at radius 3 is 2.38 bits per heavy atom. The molecule has 0 spiro atoms. The largest absolute Gasteiger partial charge is 0.496 e. The molecule has 0 bridgehead atoms. The van der Waals surface area contributed by atoms with Gasteiger partial charge in [-0.1, -0.05) is 37.0 Å². The SMILES string of the molecule is COc1cc(C)c(S(=O)(=O)Nc2cc(Cl)ccc2Cl)cc1C(C)C. The number of aryl methyl sites for hydroxylation is 1. The minimum absolute atomic E-state index is 0.115. The number of hydrogen-bond acceptors (Lipinski definition) is 3. The summed E-state index contributed by atoms with van der Waals surface area (Å²) in [7, 11) is -2.24. The van der Waals surface area contributed by atoms with Gasteiger partial charge in [-0.05, 0) is 54.3 Å². The van der Waals surface area contributed by atoms with Crippen molar-refractivity contribution >= 4 is 38.9 Å². The lowest BCUT2D eigenvalue weighted by Gasteiger charge is -2.17. The highest BCUT2D eigenvalue weighted by Crippen LogP contribution is 2.33. The zero-order valence-corrected chi connectivity index (χ0v) is 16.2. The van der Waals surface area contributed by atoms with Crippen LogP contribution >= 0.6 is 23.2 Å². The van der Waals surface area contributed by atoms with E-state index in [9.17, 15) is 8.42 Å². The second-order valence-corrected chi connectivity index (χ2v) is 8.24. The molecule has 0 fully saturated rings. The van der Waals surface area contributed by atoms with E-state index in [0.717, 1.165) is 5.56 Å². The second kappa shape index (κ2) is 7.21. The fourth-order valence-electron chi connectivity index (χ4n) is 2.37. The van der Waals surface area contributed by atoms with Gasteiger partial charge in [0.1, 0.15) is 5.75 Å². The third-order valence-electron chi connectivity index (χ3n) is 3.61. The predicted molar refractivity (Wildman–Crippen MR) is 99.1 cm³/mol. The summed E-state index contributed by atoms with van der Waals surface area (Å²) in [6.45, 7) is 5.68. The van der Waals surface area contributed by atoms with Crippen LogP contribution < -0.4 is 9.46 Å². The van der Waals surface area contributed by atoms with Crippen LogP contribution in [0.15, 0.2) is 35.2 Å². The Morgan fingerprint density at radius 1 is 1.12 bits per heavy atom. The molecule has 4 nitrogen and oxygen atoms in total. The first kappa shape index (κ1) is 18.9. The lowest BCUT2D eigenvalue weighted by Crippen LogP contribution is -2.15. The van der Waals surface area contributed by atoms with E-state index in [1.54, 1.807) is 38.3 Å². The van der Waals surface area contributed by atoms with Crippen molar-refractivity contribution in [3.63, 3.8) is 0 Å². The minimum Gasteiger partial charge on any atom is -0.496 e. The summed E-state index contributed by atoms with van der Waals surface area (Å²) >= 11 is 12.0. The first-order valence-electron chi connectivity index (χ1n) is 7.32. The second-order valence-electron chi connectivity index (χ2n) is 5.74. The van der Waals surface area contributed by atoms with Crippen LogP contribution in [-0.4, -0.2) is 15.5 Å². The molecular weight excluding hydrogens is 369 g/mol. The molecule has 2 aromatic carbocycles. The van der Waals surface area contributed by atoms with Gasteiger partial charge in [0.2, 0.25) is 0 Å². The number of ether oxygens (including phenoxy) is 1. The first-order chi connectivity index (χ1) is 11.2. The topological polar surface area (TPSA) is 55.4 Å². The molecular formula is C17H19Cl2NO3S. The number of hydrogen-bond donors (Lipinski definition) is 1. The van der Waals surface area contributed by atoms with Crippen LogP contribution in [0.3, 0.4) is 0 Å². The number of benzene rings is 2. The fourth-order valence-corrected chi connectivity index (χ4v) is 4.10. The molecule has 0 aromatic heterocycles. The number of rotatable bonds is 5. The Balaban J connectivity index is 2.53. The third-order valence-corrected chi connectivity index (χ3v) is 5.68. The predicted octanol–water partition coefficient (Wildman–Crippen LogP) is 5.23. The average Bonchev–Trinajstić information content (AvgIpc) is 2.49. The minimum atomic E-state index is -3.81. The number of anilines is 1. The van der Waals surface area contributed by atoms with Crippen LogP contribution in [-0.2, 0) is 10.0 Å². The van der Waals surface area contributed by atoms with E-state index in [1.165, 1.54) is 6.07 Å². The van der Waals surface area contributed by atoms with Crippen LogP contribution in [0.5, 0.6) is 5.75 Å². The van der Waals surface area contributed by atoms with Crippen molar-refractivity contribution in [2.24, 2.45) is 0 Å². The maximum atomic E-state index is 12.8. The van der Waals surface area contributed by atoms with E-state index >= 15 is 0 Å². The molecule has 0 saturated heterocycles. The summed E-state index contributed by atoms with van der Waals surface area (Å²) in [4.78, 5) is 0.183. The van der Waals surface area contributed by atoms with Crippen molar-refractivity contribution in [2.75, 3.05) is 11.8 Å². The molecule has 0 heterocycles. The van der Waals surface area contributed by atoms with E-state index in [1.807, 2.05) is 13.8 Å². The Bertz CT molecular complexity index is 864. The maximum Gasteiger partial charge on any atom is 0.262 e. The zero-order valence-electron chi connectivity index (χ0n) is 13.9. The van der Waals surface area contributed by atoms with E-state index in [-0.39, 0.29) is 21.5 Å². The summed E-state index contributed by atoms with van der Waals surface area (Å²) < 4.78 is 33.5. The Kier molecular flexibility index (Phi) is 5.68. The van der Waals surface area contributed by atoms with Gasteiger partial charge in [-0.15, -0.1) is 0 Å². The first-order valence-corrected chi connectivity index (χ1v) is 9.56. The third kappa shape index (κ3) is 3.97. The fraction of sp³-hybridized carbons (Fsp3) is 0.294. The molecule has 0 unspecified atom stereocenters. The van der Waals surface area contributed by atoms with Crippen molar-refractivity contribution in [3.05, 3.63) is 51.5 Å². The number of sulfonamides is 1. The Labute approximate surface area is 152 Å². The molecule has 0 aliphatic carbocycles. The molecule has 24 heavy (non-hydrogen) atoms. The van der Waals surface area contributed by atoms with Crippen LogP contribution in [0.2, 0.25) is 10.0 Å². The number of halogens is 2. The van der Waals surface area contributed by atoms with E-state index in [0.29, 0.717) is 16.3 Å². The monoisotopic (exact) mass is 387 g/mol. The molecule has 2 aromatic rings. The summed E-state index contributed by atoms with van der Waals surface area (Å²) in [5.74, 6) is 0.784. The van der Waals surface area contributed by atoms with E-state index in [2.05, 4.69) is 4.72 Å². The van der Waals surface area contributed by atoms with Crippen molar-refractivity contribution in [1.29, 1.82) is 0 Å². The smallest absolute Gasteiger partial charge is 0.262 e. The lowest BCUT2D eigenvalue weighted by atomic mass is 10.0. The van der Waals surface area contributed by atoms with Gasteiger partial charge >= 0.3 is 0 Å². The maximum absolute atomic E-state index is 12.8. The molecule has 130 valence electrons. The zero-order chi connectivity index (χ0) is 18.1. The summed E-state index contributed by atoms with van der Waals surface area (Å²) in [5, 5.41) is 0.671. The summed E-state index contributed by atoms with van der Waals surface area (Å²) in [6.07, 6.45) is 0. The highest BCUT2D eigenvalue weighted by molar-refractivity contribution is 7.92. The van der Waals surface area contributed by atoms with Gasteiger partial charge < -0.3 is 4.74 Å². The number of methoxy groups -OCH3 is 1. The van der Waals surface area contributed by atoms with Crippen LogP contribution in [0.25, 0.3) is 0 Å². The normalized spacial score (nSPS) is 11.6. The van der Waals surface area contributed by atoms with Gasteiger partial charge in [0.15, 0.2) is 0 Å². The quantitative estimate of drug-likeness (QED) is 0.763. The average molecular weight is 388 g/mol. The van der Waals surface area contributed by atoms with Crippen LogP contribution in [0.4, 0.5) is 5.69 Å². The Morgan fingerprint density at radius 2 is 1.79 bits per heavy atom. The van der Waals surface area contributed by atoms with Crippen LogP contribution in [0.1, 0.15) is 30.9 Å². The van der Waals surface area contributed by atoms with Crippen molar-refractivity contribution < 1.29 is 13.2 Å². The van der Waals surface area contributed by atoms with Gasteiger partial charge in [0.05, 0.1) is 22.7 Å².